The molecule has 0 radical (unpaired) electrons. The van der Waals surface area contributed by atoms with Gasteiger partial charge < -0.3 is 10.5 Å². The molecule has 4 nitrogen and oxygen atoms in total. The summed E-state index contributed by atoms with van der Waals surface area (Å²) in [6.45, 7) is 0. The van der Waals surface area contributed by atoms with E-state index in [4.69, 9.17) is 15.5 Å². The number of aryl methyl sites for hydroxylation is 1. The van der Waals surface area contributed by atoms with Crippen molar-refractivity contribution in [1.29, 1.82) is 0 Å². The first-order valence-electron chi connectivity index (χ1n) is 7.62. The van der Waals surface area contributed by atoms with Crippen LogP contribution in [0.25, 0.3) is 0 Å². The van der Waals surface area contributed by atoms with Crippen LogP contribution in [-0.2, 0) is 17.6 Å². The first kappa shape index (κ1) is 11.6. The maximum atomic E-state index is 6.19. The van der Waals surface area contributed by atoms with Crippen LogP contribution in [0, 0.1) is 0 Å². The van der Waals surface area contributed by atoms with Crippen LogP contribution in [0.3, 0.4) is 0 Å². The van der Waals surface area contributed by atoms with Gasteiger partial charge in [0, 0.05) is 17.2 Å². The van der Waals surface area contributed by atoms with Gasteiger partial charge in [-0.3, -0.25) is 0 Å². The minimum atomic E-state index is 0.341. The molecule has 102 valence electrons. The number of aromatic nitrogens is 2. The van der Waals surface area contributed by atoms with Gasteiger partial charge in [-0.2, -0.15) is 0 Å². The highest BCUT2D eigenvalue weighted by Gasteiger charge is 2.43. The molecule has 2 saturated heterocycles. The molecule has 19 heavy (non-hydrogen) atoms. The predicted octanol–water partition coefficient (Wildman–Crippen LogP) is 2.36. The first-order chi connectivity index (χ1) is 9.31. The Balaban J connectivity index is 1.70. The van der Waals surface area contributed by atoms with Gasteiger partial charge in [0.2, 0.25) is 0 Å². The second kappa shape index (κ2) is 4.44. The summed E-state index contributed by atoms with van der Waals surface area (Å²) in [6.07, 6.45) is 10.1. The fourth-order valence-electron chi connectivity index (χ4n) is 3.89. The third kappa shape index (κ3) is 1.93. The minimum Gasteiger partial charge on any atom is -0.383 e. The van der Waals surface area contributed by atoms with E-state index in [-0.39, 0.29) is 0 Å². The molecule has 2 N–H and O–H groups in total. The van der Waals surface area contributed by atoms with Crippen LogP contribution in [0.4, 0.5) is 5.82 Å². The molecule has 3 aliphatic rings. The van der Waals surface area contributed by atoms with Crippen LogP contribution in [0.1, 0.15) is 61.5 Å². The molecule has 1 aromatic rings. The van der Waals surface area contributed by atoms with Gasteiger partial charge in [-0.1, -0.05) is 6.42 Å². The van der Waals surface area contributed by atoms with Crippen LogP contribution >= 0.6 is 0 Å². The maximum Gasteiger partial charge on any atom is 0.136 e. The largest absolute Gasteiger partial charge is 0.383 e. The molecule has 3 heterocycles. The van der Waals surface area contributed by atoms with Crippen molar-refractivity contribution in [1.82, 2.24) is 9.97 Å². The van der Waals surface area contributed by atoms with Gasteiger partial charge in [0.15, 0.2) is 0 Å². The molecule has 0 aromatic carbocycles. The standard InChI is InChI=1S/C15H21N3O/c16-14-10-4-2-1-3-5-12(10)17-15(18-14)11-8-9-6-7-13(11)19-9/h9,11,13H,1-8H2,(H2,16,17,18). The first-order valence-corrected chi connectivity index (χ1v) is 7.62. The van der Waals surface area contributed by atoms with E-state index < -0.39 is 0 Å². The van der Waals surface area contributed by atoms with Crippen molar-refractivity contribution in [2.75, 3.05) is 5.73 Å². The Bertz CT molecular complexity index is 502. The summed E-state index contributed by atoms with van der Waals surface area (Å²) in [5.74, 6) is 2.06. The summed E-state index contributed by atoms with van der Waals surface area (Å²) in [7, 11) is 0. The molecule has 0 saturated carbocycles. The molecule has 2 fully saturated rings. The van der Waals surface area contributed by atoms with E-state index in [1.165, 1.54) is 36.9 Å². The number of hydrogen-bond donors (Lipinski definition) is 1. The summed E-state index contributed by atoms with van der Waals surface area (Å²) in [5, 5.41) is 0. The Labute approximate surface area is 113 Å². The third-order valence-electron chi connectivity index (χ3n) is 4.92. The van der Waals surface area contributed by atoms with Crippen LogP contribution in [0.15, 0.2) is 0 Å². The van der Waals surface area contributed by atoms with Gasteiger partial charge in [0.05, 0.1) is 12.2 Å². The van der Waals surface area contributed by atoms with Crippen molar-refractivity contribution in [2.24, 2.45) is 0 Å². The topological polar surface area (TPSA) is 61.0 Å². The average molecular weight is 259 g/mol. The lowest BCUT2D eigenvalue weighted by Crippen LogP contribution is -2.19. The lowest BCUT2D eigenvalue weighted by Gasteiger charge is -2.19. The van der Waals surface area contributed by atoms with Crippen molar-refractivity contribution in [3.05, 3.63) is 17.1 Å². The highest BCUT2D eigenvalue weighted by molar-refractivity contribution is 5.43. The van der Waals surface area contributed by atoms with Gasteiger partial charge in [0.25, 0.3) is 0 Å². The van der Waals surface area contributed by atoms with Gasteiger partial charge in [-0.25, -0.2) is 9.97 Å². The number of anilines is 1. The van der Waals surface area contributed by atoms with Crippen molar-refractivity contribution < 1.29 is 4.74 Å². The number of fused-ring (bicyclic) bond motifs is 3. The van der Waals surface area contributed by atoms with Crippen LogP contribution < -0.4 is 5.73 Å². The Morgan fingerprint density at radius 1 is 1.05 bits per heavy atom. The number of rotatable bonds is 1. The van der Waals surface area contributed by atoms with E-state index >= 15 is 0 Å². The summed E-state index contributed by atoms with van der Waals surface area (Å²) >= 11 is 0. The summed E-state index contributed by atoms with van der Waals surface area (Å²) in [6, 6.07) is 0. The molecular formula is C15H21N3O. The van der Waals surface area contributed by atoms with Gasteiger partial charge >= 0.3 is 0 Å². The number of nitrogen functional groups attached to an aromatic ring is 1. The Morgan fingerprint density at radius 2 is 1.95 bits per heavy atom. The van der Waals surface area contributed by atoms with E-state index in [2.05, 4.69) is 4.98 Å². The van der Waals surface area contributed by atoms with Crippen molar-refractivity contribution in [2.45, 2.75) is 69.5 Å². The van der Waals surface area contributed by atoms with Crippen molar-refractivity contribution in [3.63, 3.8) is 0 Å². The average Bonchev–Trinajstić information content (AvgIpc) is 2.95. The predicted molar refractivity (Wildman–Crippen MR) is 73.0 cm³/mol. The summed E-state index contributed by atoms with van der Waals surface area (Å²) in [5.41, 5.74) is 8.61. The molecule has 3 atom stereocenters. The Kier molecular flexibility index (Phi) is 2.72. The van der Waals surface area contributed by atoms with E-state index in [0.717, 1.165) is 37.3 Å². The number of ether oxygens (including phenoxy) is 1. The Hall–Kier alpha value is -1.16. The van der Waals surface area contributed by atoms with Gasteiger partial charge in [0.1, 0.15) is 11.6 Å². The molecule has 4 heteroatoms. The van der Waals surface area contributed by atoms with Crippen LogP contribution in [0.5, 0.6) is 0 Å². The lowest BCUT2D eigenvalue weighted by molar-refractivity contribution is 0.0998. The number of hydrogen-bond acceptors (Lipinski definition) is 4. The zero-order valence-corrected chi connectivity index (χ0v) is 11.3. The zero-order chi connectivity index (χ0) is 12.8. The maximum absolute atomic E-state index is 6.19. The molecule has 2 bridgehead atoms. The molecule has 2 aliphatic heterocycles. The van der Waals surface area contributed by atoms with E-state index in [1.54, 1.807) is 0 Å². The molecule has 1 aliphatic carbocycles. The zero-order valence-electron chi connectivity index (χ0n) is 11.3. The normalized spacial score (nSPS) is 33.2. The molecule has 3 unspecified atom stereocenters. The number of nitrogens with two attached hydrogens (primary N) is 1. The van der Waals surface area contributed by atoms with E-state index in [0.29, 0.717) is 18.1 Å². The quantitative estimate of drug-likeness (QED) is 0.786. The summed E-state index contributed by atoms with van der Waals surface area (Å²) in [4.78, 5) is 9.48. The number of nitrogens with zero attached hydrogens (tertiary/aromatic N) is 2. The fourth-order valence-corrected chi connectivity index (χ4v) is 3.89. The lowest BCUT2D eigenvalue weighted by atomic mass is 9.88. The molecule has 0 spiro atoms. The molecule has 1 aromatic heterocycles. The Morgan fingerprint density at radius 3 is 2.74 bits per heavy atom. The fraction of sp³-hybridized carbons (Fsp3) is 0.733. The van der Waals surface area contributed by atoms with E-state index in [1.807, 2.05) is 0 Å². The highest BCUT2D eigenvalue weighted by atomic mass is 16.5. The molecule has 0 amide bonds. The smallest absolute Gasteiger partial charge is 0.136 e. The van der Waals surface area contributed by atoms with E-state index in [9.17, 15) is 0 Å². The van der Waals surface area contributed by atoms with Gasteiger partial charge in [-0.15, -0.1) is 0 Å². The third-order valence-corrected chi connectivity index (χ3v) is 4.92. The monoisotopic (exact) mass is 259 g/mol. The highest BCUT2D eigenvalue weighted by Crippen LogP contribution is 2.43. The van der Waals surface area contributed by atoms with Crippen LogP contribution in [-0.4, -0.2) is 22.2 Å². The van der Waals surface area contributed by atoms with Crippen molar-refractivity contribution in [3.8, 4) is 0 Å². The second-order valence-corrected chi connectivity index (χ2v) is 6.17. The molecule has 4 rings (SSSR count). The van der Waals surface area contributed by atoms with Gasteiger partial charge in [-0.05, 0) is 44.9 Å². The minimum absolute atomic E-state index is 0.341. The SMILES string of the molecule is Nc1nc(C2CC3CCC2O3)nc2c1CCCCC2. The molecular weight excluding hydrogens is 238 g/mol. The van der Waals surface area contributed by atoms with Crippen molar-refractivity contribution >= 4 is 5.82 Å². The second-order valence-electron chi connectivity index (χ2n) is 6.17. The summed E-state index contributed by atoms with van der Waals surface area (Å²) < 4.78 is 5.93. The van der Waals surface area contributed by atoms with Crippen LogP contribution in [0.2, 0.25) is 0 Å².